The van der Waals surface area contributed by atoms with E-state index in [2.05, 4.69) is 32.8 Å². The molecule has 0 aliphatic carbocycles. The van der Waals surface area contributed by atoms with E-state index in [0.717, 1.165) is 35.4 Å². The number of carbonyl (C=O) groups is 1. The van der Waals surface area contributed by atoms with E-state index in [4.69, 9.17) is 0 Å². The molecule has 0 unspecified atom stereocenters. The fourth-order valence-corrected chi connectivity index (χ4v) is 3.27. The Hall–Kier alpha value is -1.67. The maximum absolute atomic E-state index is 13.8. The number of anilines is 2. The minimum atomic E-state index is -0.183. The molecule has 1 aliphatic heterocycles. The maximum Gasteiger partial charge on any atom is 0.279 e. The van der Waals surface area contributed by atoms with Gasteiger partial charge in [-0.25, -0.2) is 4.39 Å². The molecule has 2 aromatic carbocycles. The fraction of sp³-hybridized carbons (Fsp3) is 0.278. The predicted molar refractivity (Wildman–Crippen MR) is 102 cm³/mol. The highest BCUT2D eigenvalue weighted by molar-refractivity contribution is 14.1. The number of hydrogen-bond donors (Lipinski definition) is 2. The van der Waals surface area contributed by atoms with E-state index in [9.17, 15) is 9.18 Å². The number of para-hydroxylation sites is 1. The van der Waals surface area contributed by atoms with Gasteiger partial charge in [-0.1, -0.05) is 12.1 Å². The number of carbonyl (C=O) groups excluding carboxylic acids is 1. The van der Waals surface area contributed by atoms with Crippen molar-refractivity contribution in [1.29, 1.82) is 0 Å². The Bertz CT molecular complexity index is 700. The number of benzene rings is 2. The van der Waals surface area contributed by atoms with Crippen LogP contribution in [0.5, 0.6) is 0 Å². The molecule has 1 amide bonds. The van der Waals surface area contributed by atoms with Crippen LogP contribution in [0.1, 0.15) is 0 Å². The summed E-state index contributed by atoms with van der Waals surface area (Å²) < 4.78 is 15.0. The highest BCUT2D eigenvalue weighted by Gasteiger charge is 2.23. The van der Waals surface area contributed by atoms with Crippen LogP contribution >= 0.6 is 22.6 Å². The minimum Gasteiger partial charge on any atom is -0.358 e. The molecule has 0 bridgehead atoms. The summed E-state index contributed by atoms with van der Waals surface area (Å²) in [7, 11) is 0. The quantitative estimate of drug-likeness (QED) is 0.712. The van der Waals surface area contributed by atoms with E-state index in [-0.39, 0.29) is 11.7 Å². The zero-order valence-corrected chi connectivity index (χ0v) is 15.4. The van der Waals surface area contributed by atoms with Crippen LogP contribution in [-0.4, -0.2) is 38.6 Å². The van der Waals surface area contributed by atoms with Crippen LogP contribution in [0.2, 0.25) is 0 Å². The first kappa shape index (κ1) is 17.2. The Morgan fingerprint density at radius 1 is 1.12 bits per heavy atom. The van der Waals surface area contributed by atoms with Crippen molar-refractivity contribution in [2.45, 2.75) is 0 Å². The molecule has 1 heterocycles. The van der Waals surface area contributed by atoms with E-state index in [1.807, 2.05) is 36.4 Å². The number of nitrogens with one attached hydrogen (secondary N) is 2. The second-order valence-corrected chi connectivity index (χ2v) is 7.17. The van der Waals surface area contributed by atoms with Gasteiger partial charge in [0, 0.05) is 9.26 Å². The van der Waals surface area contributed by atoms with Crippen molar-refractivity contribution in [3.05, 3.63) is 57.9 Å². The predicted octanol–water partition coefficient (Wildman–Crippen LogP) is 1.77. The number of piperazine rings is 1. The minimum absolute atomic E-state index is 0.0190. The molecule has 1 aliphatic rings. The summed E-state index contributed by atoms with van der Waals surface area (Å²) in [6.07, 6.45) is 0. The molecule has 6 heteroatoms. The van der Waals surface area contributed by atoms with Crippen LogP contribution in [0, 0.1) is 9.39 Å². The molecule has 0 spiro atoms. The Balaban J connectivity index is 1.49. The summed E-state index contributed by atoms with van der Waals surface area (Å²) in [5.74, 6) is -0.164. The Morgan fingerprint density at radius 3 is 2.46 bits per heavy atom. The Labute approximate surface area is 154 Å². The summed E-state index contributed by atoms with van der Waals surface area (Å²) in [5, 5.41) is 2.93. The first-order valence-corrected chi connectivity index (χ1v) is 9.08. The highest BCUT2D eigenvalue weighted by Crippen LogP contribution is 2.18. The van der Waals surface area contributed by atoms with Crippen molar-refractivity contribution in [1.82, 2.24) is 0 Å². The van der Waals surface area contributed by atoms with E-state index in [1.54, 1.807) is 6.07 Å². The third-order valence-corrected chi connectivity index (χ3v) is 4.92. The molecule has 1 saturated heterocycles. The van der Waals surface area contributed by atoms with E-state index in [1.165, 1.54) is 11.0 Å². The normalized spacial score (nSPS) is 15.3. The number of nitrogens with zero attached hydrogens (tertiary/aromatic N) is 1. The largest absolute Gasteiger partial charge is 0.358 e. The number of quaternary nitrogens is 1. The van der Waals surface area contributed by atoms with E-state index < -0.39 is 0 Å². The van der Waals surface area contributed by atoms with Crippen LogP contribution in [-0.2, 0) is 4.79 Å². The molecule has 0 atom stereocenters. The average molecular weight is 440 g/mol. The number of hydrogen-bond acceptors (Lipinski definition) is 2. The van der Waals surface area contributed by atoms with Crippen LogP contribution in [0.3, 0.4) is 0 Å². The molecule has 1 fully saturated rings. The van der Waals surface area contributed by atoms with Gasteiger partial charge in [0.15, 0.2) is 6.54 Å². The van der Waals surface area contributed by atoms with E-state index in [0.29, 0.717) is 12.2 Å². The van der Waals surface area contributed by atoms with Crippen LogP contribution in [0.4, 0.5) is 15.8 Å². The highest BCUT2D eigenvalue weighted by atomic mass is 127. The zero-order valence-electron chi connectivity index (χ0n) is 13.3. The van der Waals surface area contributed by atoms with Crippen molar-refractivity contribution >= 4 is 39.9 Å². The van der Waals surface area contributed by atoms with Crippen LogP contribution in [0.25, 0.3) is 0 Å². The van der Waals surface area contributed by atoms with Gasteiger partial charge < -0.3 is 15.1 Å². The SMILES string of the molecule is O=C(C[NH+]1CCN(c2ccccc2F)CC1)Nc1ccc(I)cc1. The smallest absolute Gasteiger partial charge is 0.279 e. The first-order valence-electron chi connectivity index (χ1n) is 8.00. The lowest BCUT2D eigenvalue weighted by Gasteiger charge is -2.33. The van der Waals surface area contributed by atoms with Crippen molar-refractivity contribution < 1.29 is 14.1 Å². The molecule has 2 aromatic rings. The maximum atomic E-state index is 13.8. The summed E-state index contributed by atoms with van der Waals surface area (Å²) in [4.78, 5) is 15.4. The number of rotatable bonds is 4. The van der Waals surface area contributed by atoms with Gasteiger partial charge in [0.2, 0.25) is 0 Å². The molecule has 3 rings (SSSR count). The van der Waals surface area contributed by atoms with Gasteiger partial charge in [0.1, 0.15) is 5.82 Å². The van der Waals surface area contributed by atoms with Gasteiger partial charge in [0.25, 0.3) is 5.91 Å². The summed E-state index contributed by atoms with van der Waals surface area (Å²) in [6, 6.07) is 14.6. The Kier molecular flexibility index (Phi) is 5.68. The van der Waals surface area contributed by atoms with Crippen molar-refractivity contribution in [3.8, 4) is 0 Å². The Morgan fingerprint density at radius 2 is 1.79 bits per heavy atom. The summed E-state index contributed by atoms with van der Waals surface area (Å²) in [5.41, 5.74) is 1.48. The zero-order chi connectivity index (χ0) is 16.9. The monoisotopic (exact) mass is 440 g/mol. The standard InChI is InChI=1S/C18H19FIN3O/c19-16-3-1-2-4-17(16)23-11-9-22(10-12-23)13-18(24)21-15-7-5-14(20)6-8-15/h1-8H,9-13H2,(H,21,24)/p+1. The summed E-state index contributed by atoms with van der Waals surface area (Å²) >= 11 is 2.24. The molecular formula is C18H20FIN3O+. The van der Waals surface area contributed by atoms with Gasteiger partial charge in [-0.05, 0) is 59.0 Å². The third kappa shape index (κ3) is 4.45. The summed E-state index contributed by atoms with van der Waals surface area (Å²) in [6.45, 7) is 3.61. The molecular weight excluding hydrogens is 420 g/mol. The van der Waals surface area contributed by atoms with Gasteiger partial charge in [0.05, 0.1) is 31.9 Å². The molecule has 0 saturated carbocycles. The molecule has 2 N–H and O–H groups in total. The third-order valence-electron chi connectivity index (χ3n) is 4.20. The number of halogens is 2. The van der Waals surface area contributed by atoms with Crippen LogP contribution in [0.15, 0.2) is 48.5 Å². The van der Waals surface area contributed by atoms with Crippen molar-refractivity contribution in [2.24, 2.45) is 0 Å². The molecule has 0 radical (unpaired) electrons. The second kappa shape index (κ2) is 7.94. The van der Waals surface area contributed by atoms with Gasteiger partial charge in [-0.15, -0.1) is 0 Å². The molecule has 4 nitrogen and oxygen atoms in total. The van der Waals surface area contributed by atoms with Gasteiger partial charge in [-0.2, -0.15) is 0 Å². The molecule has 126 valence electrons. The lowest BCUT2D eigenvalue weighted by Crippen LogP contribution is -3.15. The lowest BCUT2D eigenvalue weighted by atomic mass is 10.2. The topological polar surface area (TPSA) is 36.8 Å². The van der Waals surface area contributed by atoms with Crippen molar-refractivity contribution in [3.63, 3.8) is 0 Å². The molecule has 0 aromatic heterocycles. The van der Waals surface area contributed by atoms with Gasteiger partial charge in [-0.3, -0.25) is 4.79 Å². The van der Waals surface area contributed by atoms with Gasteiger partial charge >= 0.3 is 0 Å². The number of amides is 1. The average Bonchev–Trinajstić information content (AvgIpc) is 2.58. The second-order valence-electron chi connectivity index (χ2n) is 5.92. The fourth-order valence-electron chi connectivity index (χ4n) is 2.91. The van der Waals surface area contributed by atoms with Crippen molar-refractivity contribution in [2.75, 3.05) is 42.9 Å². The lowest BCUT2D eigenvalue weighted by molar-refractivity contribution is -0.892. The van der Waals surface area contributed by atoms with Crippen LogP contribution < -0.4 is 15.1 Å². The first-order chi connectivity index (χ1) is 11.6. The molecule has 24 heavy (non-hydrogen) atoms. The van der Waals surface area contributed by atoms with E-state index >= 15 is 0 Å².